The van der Waals surface area contributed by atoms with E-state index in [2.05, 4.69) is 154 Å². The third-order valence-corrected chi connectivity index (χ3v) is 13.8. The van der Waals surface area contributed by atoms with Crippen LogP contribution in [0.5, 0.6) is 0 Å². The SMILES string of the molecule is CC(C)(C)[Si](OCCOCCOCCOCCOC(c1ccccc1)(c1ccccc1)c1ccccc1)(c1ccccc1)c1ccccc1. The summed E-state index contributed by atoms with van der Waals surface area (Å²) in [5, 5.41) is 2.48. The summed E-state index contributed by atoms with van der Waals surface area (Å²) in [7, 11) is -2.55. The van der Waals surface area contributed by atoms with Gasteiger partial charge in [0.15, 0.2) is 0 Å². The summed E-state index contributed by atoms with van der Waals surface area (Å²) in [5.41, 5.74) is 2.48. The molecule has 6 heteroatoms. The van der Waals surface area contributed by atoms with E-state index >= 15 is 0 Å². The first-order valence-corrected chi connectivity index (χ1v) is 19.2. The van der Waals surface area contributed by atoms with Crippen LogP contribution in [-0.4, -0.2) is 61.2 Å². The zero-order chi connectivity index (χ0) is 34.3. The maximum absolute atomic E-state index is 6.90. The first-order chi connectivity index (χ1) is 24.0. The first kappa shape index (κ1) is 36.4. The largest absolute Gasteiger partial charge is 0.405 e. The van der Waals surface area contributed by atoms with E-state index in [0.29, 0.717) is 52.9 Å². The van der Waals surface area contributed by atoms with Gasteiger partial charge in [-0.15, -0.1) is 0 Å². The summed E-state index contributed by atoms with van der Waals surface area (Å²) < 4.78 is 31.3. The van der Waals surface area contributed by atoms with Gasteiger partial charge in [0.25, 0.3) is 8.32 Å². The van der Waals surface area contributed by atoms with Crippen molar-refractivity contribution in [3.05, 3.63) is 168 Å². The molecular formula is C43H50O5Si. The van der Waals surface area contributed by atoms with E-state index in [0.717, 1.165) is 16.7 Å². The van der Waals surface area contributed by atoms with Gasteiger partial charge in [-0.05, 0) is 32.1 Å². The molecule has 0 fully saturated rings. The van der Waals surface area contributed by atoms with Crippen LogP contribution in [-0.2, 0) is 29.0 Å². The van der Waals surface area contributed by atoms with Crippen molar-refractivity contribution in [2.45, 2.75) is 31.4 Å². The molecule has 0 unspecified atom stereocenters. The minimum absolute atomic E-state index is 0.0595. The quantitative estimate of drug-likeness (QED) is 0.0513. The average molecular weight is 675 g/mol. The van der Waals surface area contributed by atoms with E-state index in [9.17, 15) is 0 Å². The van der Waals surface area contributed by atoms with Crippen molar-refractivity contribution in [2.75, 3.05) is 52.9 Å². The molecule has 5 rings (SSSR count). The first-order valence-electron chi connectivity index (χ1n) is 17.3. The molecule has 0 aliphatic heterocycles. The highest BCUT2D eigenvalue weighted by atomic mass is 28.4. The zero-order valence-electron chi connectivity index (χ0n) is 29.1. The van der Waals surface area contributed by atoms with E-state index in [-0.39, 0.29) is 5.04 Å². The van der Waals surface area contributed by atoms with Crippen molar-refractivity contribution in [2.24, 2.45) is 0 Å². The molecule has 5 nitrogen and oxygen atoms in total. The normalized spacial score (nSPS) is 12.2. The Morgan fingerprint density at radius 2 is 0.694 bits per heavy atom. The molecule has 0 atom stereocenters. The van der Waals surface area contributed by atoms with Crippen LogP contribution < -0.4 is 10.4 Å². The minimum atomic E-state index is -2.55. The molecule has 0 radical (unpaired) electrons. The molecule has 0 amide bonds. The van der Waals surface area contributed by atoms with Crippen molar-refractivity contribution in [1.82, 2.24) is 0 Å². The Hall–Kier alpha value is -3.88. The Morgan fingerprint density at radius 3 is 1.04 bits per heavy atom. The zero-order valence-corrected chi connectivity index (χ0v) is 30.1. The Bertz CT molecular complexity index is 1470. The van der Waals surface area contributed by atoms with Crippen molar-refractivity contribution < 1.29 is 23.4 Å². The lowest BCUT2D eigenvalue weighted by Crippen LogP contribution is -2.66. The smallest absolute Gasteiger partial charge is 0.261 e. The predicted molar refractivity (Wildman–Crippen MR) is 201 cm³/mol. The maximum atomic E-state index is 6.90. The lowest BCUT2D eigenvalue weighted by molar-refractivity contribution is -0.0374. The van der Waals surface area contributed by atoms with Gasteiger partial charge in [-0.3, -0.25) is 0 Å². The molecule has 49 heavy (non-hydrogen) atoms. The van der Waals surface area contributed by atoms with Crippen LogP contribution in [0.1, 0.15) is 37.5 Å². The van der Waals surface area contributed by atoms with Crippen LogP contribution >= 0.6 is 0 Å². The fraction of sp³-hybridized carbons (Fsp3) is 0.302. The third-order valence-electron chi connectivity index (χ3n) is 8.79. The van der Waals surface area contributed by atoms with Crippen LogP contribution in [0.4, 0.5) is 0 Å². The number of benzene rings is 5. The standard InChI is InChI=1S/C43H50O5Si/c1-42(2,3)49(40-25-15-7-16-26-40,41-27-17-8-18-28-41)48-36-34-46-32-30-44-29-31-45-33-35-47-43(37-19-9-4-10-20-37,38-21-11-5-12-22-38)39-23-13-6-14-24-39/h4-28H,29-36H2,1-3H3. The Kier molecular flexibility index (Phi) is 13.5. The van der Waals surface area contributed by atoms with Gasteiger partial charge in [0, 0.05) is 0 Å². The second-order valence-corrected chi connectivity index (χ2v) is 17.3. The molecule has 0 bridgehead atoms. The summed E-state index contributed by atoms with van der Waals surface area (Å²) in [5.74, 6) is 0. The van der Waals surface area contributed by atoms with Gasteiger partial charge in [-0.2, -0.15) is 0 Å². The predicted octanol–water partition coefficient (Wildman–Crippen LogP) is 7.62. The van der Waals surface area contributed by atoms with E-state index in [1.54, 1.807) is 0 Å². The van der Waals surface area contributed by atoms with E-state index < -0.39 is 13.9 Å². The molecule has 256 valence electrons. The monoisotopic (exact) mass is 674 g/mol. The van der Waals surface area contributed by atoms with Crippen LogP contribution in [0, 0.1) is 0 Å². The molecule has 0 saturated heterocycles. The molecule has 0 aliphatic carbocycles. The summed E-state index contributed by atoms with van der Waals surface area (Å²) in [4.78, 5) is 0. The molecule has 0 aromatic heterocycles. The fourth-order valence-corrected chi connectivity index (χ4v) is 11.1. The minimum Gasteiger partial charge on any atom is -0.405 e. The third kappa shape index (κ3) is 9.03. The highest BCUT2D eigenvalue weighted by molar-refractivity contribution is 6.99. The molecular weight excluding hydrogens is 625 g/mol. The van der Waals surface area contributed by atoms with Crippen LogP contribution in [0.15, 0.2) is 152 Å². The van der Waals surface area contributed by atoms with Crippen molar-refractivity contribution in [3.63, 3.8) is 0 Å². The van der Waals surface area contributed by atoms with Gasteiger partial charge in [-0.1, -0.05) is 172 Å². The summed E-state index contributed by atoms with van der Waals surface area (Å²) in [6.07, 6.45) is 0. The van der Waals surface area contributed by atoms with E-state index in [1.807, 2.05) is 18.2 Å². The number of rotatable bonds is 19. The maximum Gasteiger partial charge on any atom is 0.261 e. The molecule has 0 N–H and O–H groups in total. The summed E-state index contributed by atoms with van der Waals surface area (Å²) >= 11 is 0. The molecule has 0 aliphatic rings. The van der Waals surface area contributed by atoms with Gasteiger partial charge >= 0.3 is 0 Å². The highest BCUT2D eigenvalue weighted by Crippen LogP contribution is 2.40. The summed E-state index contributed by atoms with van der Waals surface area (Å²) in [6, 6.07) is 52.5. The second kappa shape index (κ2) is 18.2. The lowest BCUT2D eigenvalue weighted by Gasteiger charge is -2.43. The van der Waals surface area contributed by atoms with Gasteiger partial charge in [0.05, 0.1) is 52.9 Å². The Labute approximate surface area is 293 Å². The molecule has 0 spiro atoms. The summed E-state index contributed by atoms with van der Waals surface area (Å²) in [6.45, 7) is 10.7. The lowest BCUT2D eigenvalue weighted by atomic mass is 9.80. The van der Waals surface area contributed by atoms with E-state index in [1.165, 1.54) is 10.4 Å². The number of hydrogen-bond acceptors (Lipinski definition) is 5. The Balaban J connectivity index is 1.05. The van der Waals surface area contributed by atoms with Crippen LogP contribution in [0.3, 0.4) is 0 Å². The van der Waals surface area contributed by atoms with Crippen molar-refractivity contribution >= 4 is 18.7 Å². The molecule has 0 saturated carbocycles. The van der Waals surface area contributed by atoms with Gasteiger partial charge in [0.1, 0.15) is 5.60 Å². The van der Waals surface area contributed by atoms with Gasteiger partial charge < -0.3 is 23.4 Å². The second-order valence-electron chi connectivity index (χ2n) is 13.0. The Morgan fingerprint density at radius 1 is 0.388 bits per heavy atom. The molecule has 5 aromatic carbocycles. The topological polar surface area (TPSA) is 46.2 Å². The fourth-order valence-electron chi connectivity index (χ4n) is 6.58. The van der Waals surface area contributed by atoms with E-state index in [4.69, 9.17) is 23.4 Å². The van der Waals surface area contributed by atoms with Crippen molar-refractivity contribution in [3.8, 4) is 0 Å². The molecule has 5 aromatic rings. The van der Waals surface area contributed by atoms with Gasteiger partial charge in [0.2, 0.25) is 0 Å². The van der Waals surface area contributed by atoms with Gasteiger partial charge in [-0.25, -0.2) is 0 Å². The van der Waals surface area contributed by atoms with Crippen LogP contribution in [0.2, 0.25) is 5.04 Å². The van der Waals surface area contributed by atoms with Crippen LogP contribution in [0.25, 0.3) is 0 Å². The number of hydrogen-bond donors (Lipinski definition) is 0. The highest BCUT2D eigenvalue weighted by Gasteiger charge is 2.50. The van der Waals surface area contributed by atoms with Crippen molar-refractivity contribution in [1.29, 1.82) is 0 Å². The molecule has 0 heterocycles. The average Bonchev–Trinajstić information content (AvgIpc) is 3.15. The number of ether oxygens (including phenoxy) is 4.